The molecule has 198 valence electrons. The minimum absolute atomic E-state index is 0.0330. The van der Waals surface area contributed by atoms with Crippen LogP contribution in [0.25, 0.3) is 11.0 Å². The third-order valence-electron chi connectivity index (χ3n) is 7.88. The topological polar surface area (TPSA) is 139 Å². The molecule has 3 N–H and O–H groups in total. The third-order valence-corrected chi connectivity index (χ3v) is 8.73. The lowest BCUT2D eigenvalue weighted by Crippen LogP contribution is -2.57. The Kier molecular flexibility index (Phi) is 6.20. The van der Waals surface area contributed by atoms with Crippen LogP contribution in [0.3, 0.4) is 0 Å². The lowest BCUT2D eigenvalue weighted by molar-refractivity contribution is -0.144. The zero-order chi connectivity index (χ0) is 26.6. The van der Waals surface area contributed by atoms with Crippen LogP contribution in [0.2, 0.25) is 0 Å². The molecule has 0 saturated carbocycles. The fourth-order valence-corrected chi connectivity index (χ4v) is 7.20. The molecule has 7 atom stereocenters. The molecule has 3 amide bonds. The van der Waals surface area contributed by atoms with E-state index in [0.717, 1.165) is 5.52 Å². The highest BCUT2D eigenvalue weighted by atomic mass is 79.9. The Morgan fingerprint density at radius 1 is 1.18 bits per heavy atom. The Morgan fingerprint density at radius 3 is 2.68 bits per heavy atom. The van der Waals surface area contributed by atoms with Crippen LogP contribution in [0.1, 0.15) is 13.3 Å². The standard InChI is InChI=1S/C26H27BrN6O5/c1-14(12-34)33-22(24(36)28-13-32-18-10-6-5-9-17(18)30-31-32)26-11-16(27)21(38-26)19(20(26)25(33)37)23(35)29-15-7-3-2-4-8-15/h2-10,14,16,19-22,34H,11-13H2,1H3,(H,28,36)(H,29,35)/t14-,16?,19+,20+,21+,22?,26?/m1/s1. The maximum absolute atomic E-state index is 13.9. The van der Waals surface area contributed by atoms with E-state index in [1.165, 1.54) is 4.90 Å². The van der Waals surface area contributed by atoms with Gasteiger partial charge in [-0.3, -0.25) is 14.4 Å². The van der Waals surface area contributed by atoms with Crippen molar-refractivity contribution >= 4 is 50.4 Å². The number of ether oxygens (including phenoxy) is 1. The van der Waals surface area contributed by atoms with Crippen LogP contribution in [-0.2, 0) is 25.8 Å². The Bertz CT molecular complexity index is 1400. The third kappa shape index (κ3) is 3.73. The van der Waals surface area contributed by atoms with Gasteiger partial charge >= 0.3 is 0 Å². The minimum atomic E-state index is -1.22. The molecule has 11 nitrogen and oxygen atoms in total. The molecule has 2 aromatic carbocycles. The van der Waals surface area contributed by atoms with Gasteiger partial charge < -0.3 is 25.4 Å². The quantitative estimate of drug-likeness (QED) is 0.356. The average Bonchev–Trinajstić information content (AvgIpc) is 3.64. The van der Waals surface area contributed by atoms with Gasteiger partial charge in [-0.05, 0) is 37.6 Å². The van der Waals surface area contributed by atoms with Crippen molar-refractivity contribution in [2.45, 2.75) is 48.6 Å². The van der Waals surface area contributed by atoms with Crippen LogP contribution < -0.4 is 10.6 Å². The number of fused-ring (bicyclic) bond motifs is 2. The molecule has 0 radical (unpaired) electrons. The van der Waals surface area contributed by atoms with Crippen molar-refractivity contribution < 1.29 is 24.2 Å². The number of carbonyl (C=O) groups is 3. The summed E-state index contributed by atoms with van der Waals surface area (Å²) in [6, 6.07) is 14.7. The molecule has 0 aliphatic carbocycles. The van der Waals surface area contributed by atoms with Crippen molar-refractivity contribution in [3.8, 4) is 0 Å². The zero-order valence-electron chi connectivity index (χ0n) is 20.5. The summed E-state index contributed by atoms with van der Waals surface area (Å²) in [6.45, 7) is 1.37. The van der Waals surface area contributed by atoms with E-state index in [4.69, 9.17) is 4.74 Å². The molecule has 6 rings (SSSR count). The number of halogens is 1. The summed E-state index contributed by atoms with van der Waals surface area (Å²) in [7, 11) is 0. The number of nitrogens with zero attached hydrogens (tertiary/aromatic N) is 4. The second-order valence-corrected chi connectivity index (χ2v) is 11.2. The van der Waals surface area contributed by atoms with E-state index >= 15 is 0 Å². The molecule has 2 bridgehead atoms. The lowest BCUT2D eigenvalue weighted by atomic mass is 9.70. The highest BCUT2D eigenvalue weighted by molar-refractivity contribution is 9.09. The first-order valence-corrected chi connectivity index (χ1v) is 13.4. The number of hydrogen-bond donors (Lipinski definition) is 3. The highest BCUT2D eigenvalue weighted by Gasteiger charge is 2.76. The molecule has 3 saturated heterocycles. The summed E-state index contributed by atoms with van der Waals surface area (Å²) in [6.07, 6.45) is -0.198. The number of para-hydroxylation sites is 2. The molecule has 3 aliphatic rings. The molecule has 12 heteroatoms. The highest BCUT2D eigenvalue weighted by Crippen LogP contribution is 2.60. The molecule has 1 spiro atoms. The average molecular weight is 583 g/mol. The first-order chi connectivity index (χ1) is 18.4. The maximum Gasteiger partial charge on any atom is 0.247 e. The first kappa shape index (κ1) is 25.0. The van der Waals surface area contributed by atoms with Crippen molar-refractivity contribution in [2.75, 3.05) is 11.9 Å². The van der Waals surface area contributed by atoms with E-state index in [-0.39, 0.29) is 29.9 Å². The number of hydrogen-bond acceptors (Lipinski definition) is 7. The van der Waals surface area contributed by atoms with Crippen molar-refractivity contribution in [3.05, 3.63) is 54.6 Å². The van der Waals surface area contributed by atoms with Crippen LogP contribution in [0.15, 0.2) is 54.6 Å². The molecule has 3 aromatic rings. The summed E-state index contributed by atoms with van der Waals surface area (Å²) in [4.78, 5) is 42.4. The minimum Gasteiger partial charge on any atom is -0.394 e. The summed E-state index contributed by atoms with van der Waals surface area (Å²) >= 11 is 3.65. The lowest BCUT2D eigenvalue weighted by Gasteiger charge is -2.35. The van der Waals surface area contributed by atoms with E-state index in [2.05, 4.69) is 36.9 Å². The normalized spacial score (nSPS) is 30.4. The maximum atomic E-state index is 13.9. The van der Waals surface area contributed by atoms with Gasteiger partial charge in [-0.2, -0.15) is 0 Å². The molecule has 3 fully saturated rings. The van der Waals surface area contributed by atoms with Crippen LogP contribution >= 0.6 is 15.9 Å². The molecular weight excluding hydrogens is 556 g/mol. The zero-order valence-corrected chi connectivity index (χ0v) is 22.1. The van der Waals surface area contributed by atoms with Crippen LogP contribution in [0.4, 0.5) is 5.69 Å². The summed E-state index contributed by atoms with van der Waals surface area (Å²) in [5.74, 6) is -2.80. The van der Waals surface area contributed by atoms with Gasteiger partial charge in [0.1, 0.15) is 23.8 Å². The van der Waals surface area contributed by atoms with Gasteiger partial charge in [0.2, 0.25) is 17.7 Å². The molecule has 4 heterocycles. The number of carbonyl (C=O) groups excluding carboxylic acids is 3. The number of alkyl halides is 1. The van der Waals surface area contributed by atoms with Gasteiger partial charge in [0.15, 0.2) is 0 Å². The van der Waals surface area contributed by atoms with E-state index in [1.807, 2.05) is 42.5 Å². The smallest absolute Gasteiger partial charge is 0.247 e. The number of anilines is 1. The predicted molar refractivity (Wildman–Crippen MR) is 140 cm³/mol. The fourth-order valence-electron chi connectivity index (χ4n) is 6.26. The van der Waals surface area contributed by atoms with E-state index in [9.17, 15) is 19.5 Å². The van der Waals surface area contributed by atoms with Crippen molar-refractivity contribution in [3.63, 3.8) is 0 Å². The number of aliphatic hydroxyl groups excluding tert-OH is 1. The Balaban J connectivity index is 1.31. The summed E-state index contributed by atoms with van der Waals surface area (Å²) < 4.78 is 8.02. The number of aromatic nitrogens is 3. The van der Waals surface area contributed by atoms with Gasteiger partial charge in [-0.25, -0.2) is 4.68 Å². The Labute approximate surface area is 226 Å². The number of amides is 3. The number of benzene rings is 2. The molecule has 1 aromatic heterocycles. The fraction of sp³-hybridized carbons (Fsp3) is 0.423. The van der Waals surface area contributed by atoms with Gasteiger partial charge in [-0.1, -0.05) is 51.5 Å². The van der Waals surface area contributed by atoms with Gasteiger partial charge in [0.25, 0.3) is 0 Å². The van der Waals surface area contributed by atoms with Crippen molar-refractivity contribution in [1.29, 1.82) is 0 Å². The van der Waals surface area contributed by atoms with Crippen LogP contribution in [0.5, 0.6) is 0 Å². The van der Waals surface area contributed by atoms with Crippen LogP contribution in [-0.4, -0.2) is 77.9 Å². The van der Waals surface area contributed by atoms with Gasteiger partial charge in [-0.15, -0.1) is 5.10 Å². The first-order valence-electron chi connectivity index (χ1n) is 12.5. The Morgan fingerprint density at radius 2 is 1.92 bits per heavy atom. The predicted octanol–water partition coefficient (Wildman–Crippen LogP) is 1.27. The van der Waals surface area contributed by atoms with E-state index < -0.39 is 41.5 Å². The number of likely N-dealkylation sites (tertiary alicyclic amines) is 1. The number of rotatable bonds is 7. The van der Waals surface area contributed by atoms with Crippen LogP contribution in [0, 0.1) is 11.8 Å². The molecule has 38 heavy (non-hydrogen) atoms. The molecule has 3 unspecified atom stereocenters. The van der Waals surface area contributed by atoms with E-state index in [0.29, 0.717) is 17.6 Å². The van der Waals surface area contributed by atoms with Crippen molar-refractivity contribution in [2.24, 2.45) is 11.8 Å². The monoisotopic (exact) mass is 582 g/mol. The Hall–Kier alpha value is -3.35. The molecule has 3 aliphatic heterocycles. The van der Waals surface area contributed by atoms with Crippen molar-refractivity contribution in [1.82, 2.24) is 25.2 Å². The summed E-state index contributed by atoms with van der Waals surface area (Å²) in [5.41, 5.74) is 0.843. The SMILES string of the molecule is C[C@H](CO)N1C(=O)[C@@H]2[C@H](C(=O)Nc3ccccc3)[C@H]3OC2(CC3Br)C1C(=O)NCn1nnc2ccccc21. The van der Waals surface area contributed by atoms with Gasteiger partial charge in [0, 0.05) is 10.5 Å². The number of nitrogens with one attached hydrogen (secondary N) is 2. The summed E-state index contributed by atoms with van der Waals surface area (Å²) in [5, 5.41) is 24.0. The largest absolute Gasteiger partial charge is 0.394 e. The second kappa shape index (κ2) is 9.44. The molecular formula is C26H27BrN6O5. The van der Waals surface area contributed by atoms with Gasteiger partial charge in [0.05, 0.1) is 36.1 Å². The second-order valence-electron chi connectivity index (χ2n) is 10.1. The van der Waals surface area contributed by atoms with E-state index in [1.54, 1.807) is 23.7 Å². The number of aliphatic hydroxyl groups is 1.